The normalized spacial score (nSPS) is 15.1. The van der Waals surface area contributed by atoms with E-state index in [1.165, 1.54) is 16.7 Å². The van der Waals surface area contributed by atoms with Crippen LogP contribution in [0.15, 0.2) is 24.3 Å². The fourth-order valence-corrected chi connectivity index (χ4v) is 2.38. The lowest BCUT2D eigenvalue weighted by atomic mass is 9.81. The summed E-state index contributed by atoms with van der Waals surface area (Å²) in [5.74, 6) is 0. The van der Waals surface area contributed by atoms with Crippen LogP contribution in [-0.2, 0) is 6.42 Å². The Bertz CT molecular complexity index is 419. The summed E-state index contributed by atoms with van der Waals surface area (Å²) < 4.78 is 0. The molecule has 1 aromatic carbocycles. The monoisotopic (exact) mass is 221 g/mol. The van der Waals surface area contributed by atoms with Crippen molar-refractivity contribution in [3.05, 3.63) is 40.4 Å². The molecule has 0 spiro atoms. The molecule has 2 N–H and O–H groups in total. The van der Waals surface area contributed by atoms with E-state index in [0.29, 0.717) is 6.54 Å². The maximum atomic E-state index is 6.25. The first-order valence-electron chi connectivity index (χ1n) is 5.25. The number of benzene rings is 1. The number of allylic oxidation sites excluding steroid dienone is 1. The molecule has 0 atom stereocenters. The maximum Gasteiger partial charge on any atom is 0.0484 e. The topological polar surface area (TPSA) is 26.0 Å². The summed E-state index contributed by atoms with van der Waals surface area (Å²) in [4.78, 5) is 0. The molecule has 1 aliphatic rings. The summed E-state index contributed by atoms with van der Waals surface area (Å²) in [6.07, 6.45) is 3.23. The van der Waals surface area contributed by atoms with Crippen LogP contribution in [0.3, 0.4) is 0 Å². The lowest BCUT2D eigenvalue weighted by molar-refractivity contribution is 0.516. The first-order valence-corrected chi connectivity index (χ1v) is 5.62. The minimum atomic E-state index is 0.0102. The Morgan fingerprint density at radius 3 is 2.80 bits per heavy atom. The second-order valence-electron chi connectivity index (χ2n) is 4.68. The van der Waals surface area contributed by atoms with E-state index in [0.717, 1.165) is 11.4 Å². The standard InChI is InChI=1S/C13H16ClN/c1-13(2,8-15)10-7-6-9-4-3-5-11(14)12(9)10/h3-5,7H,6,8,15H2,1-2H3. The smallest absolute Gasteiger partial charge is 0.0484 e. The van der Waals surface area contributed by atoms with Gasteiger partial charge in [0.1, 0.15) is 0 Å². The molecule has 0 aromatic heterocycles. The number of hydrogen-bond acceptors (Lipinski definition) is 1. The Labute approximate surface area is 95.9 Å². The molecule has 15 heavy (non-hydrogen) atoms. The van der Waals surface area contributed by atoms with Gasteiger partial charge in [-0.25, -0.2) is 0 Å². The van der Waals surface area contributed by atoms with Crippen molar-refractivity contribution in [3.8, 4) is 0 Å². The molecule has 0 saturated carbocycles. The van der Waals surface area contributed by atoms with Gasteiger partial charge in [-0.15, -0.1) is 0 Å². The molecule has 0 fully saturated rings. The van der Waals surface area contributed by atoms with Crippen molar-refractivity contribution in [1.82, 2.24) is 0 Å². The van der Waals surface area contributed by atoms with Crippen LogP contribution in [0.4, 0.5) is 0 Å². The van der Waals surface area contributed by atoms with Gasteiger partial charge in [-0.2, -0.15) is 0 Å². The van der Waals surface area contributed by atoms with Crippen LogP contribution in [0.2, 0.25) is 5.02 Å². The molecule has 0 unspecified atom stereocenters. The van der Waals surface area contributed by atoms with Gasteiger partial charge in [0.05, 0.1) is 0 Å². The van der Waals surface area contributed by atoms with E-state index in [9.17, 15) is 0 Å². The van der Waals surface area contributed by atoms with E-state index in [1.807, 2.05) is 12.1 Å². The first kappa shape index (κ1) is 10.7. The van der Waals surface area contributed by atoms with E-state index < -0.39 is 0 Å². The third-order valence-corrected chi connectivity index (χ3v) is 3.45. The minimum absolute atomic E-state index is 0.0102. The average Bonchev–Trinajstić information content (AvgIpc) is 2.63. The SMILES string of the molecule is CC(C)(CN)C1=CCc2cccc(Cl)c21. The lowest BCUT2D eigenvalue weighted by Gasteiger charge is -2.26. The number of hydrogen-bond donors (Lipinski definition) is 1. The van der Waals surface area contributed by atoms with Crippen molar-refractivity contribution in [1.29, 1.82) is 0 Å². The van der Waals surface area contributed by atoms with Gasteiger partial charge in [0.2, 0.25) is 0 Å². The Morgan fingerprint density at radius 2 is 2.13 bits per heavy atom. The molecular formula is C13H16ClN. The molecule has 80 valence electrons. The largest absolute Gasteiger partial charge is 0.330 e. The van der Waals surface area contributed by atoms with Crippen LogP contribution in [0.5, 0.6) is 0 Å². The molecular weight excluding hydrogens is 206 g/mol. The second kappa shape index (κ2) is 3.66. The van der Waals surface area contributed by atoms with Crippen molar-refractivity contribution in [2.24, 2.45) is 11.1 Å². The van der Waals surface area contributed by atoms with Crippen LogP contribution < -0.4 is 5.73 Å². The van der Waals surface area contributed by atoms with Crippen molar-refractivity contribution in [3.63, 3.8) is 0 Å². The molecule has 0 saturated heterocycles. The maximum absolute atomic E-state index is 6.25. The van der Waals surface area contributed by atoms with E-state index in [2.05, 4.69) is 26.0 Å². The highest BCUT2D eigenvalue weighted by Gasteiger charge is 2.28. The molecule has 0 heterocycles. The Balaban J connectivity index is 2.51. The molecule has 1 aliphatic carbocycles. The molecule has 1 nitrogen and oxygen atoms in total. The van der Waals surface area contributed by atoms with Gasteiger partial charge in [0, 0.05) is 22.5 Å². The Morgan fingerprint density at radius 1 is 1.40 bits per heavy atom. The van der Waals surface area contributed by atoms with Crippen LogP contribution in [-0.4, -0.2) is 6.54 Å². The zero-order valence-electron chi connectivity index (χ0n) is 9.18. The van der Waals surface area contributed by atoms with Crippen molar-refractivity contribution in [2.45, 2.75) is 20.3 Å². The Kier molecular flexibility index (Phi) is 2.61. The van der Waals surface area contributed by atoms with E-state index in [-0.39, 0.29) is 5.41 Å². The fourth-order valence-electron chi connectivity index (χ4n) is 2.08. The number of fused-ring (bicyclic) bond motifs is 1. The van der Waals surface area contributed by atoms with Crippen molar-refractivity contribution >= 4 is 17.2 Å². The summed E-state index contributed by atoms with van der Waals surface area (Å²) in [5.41, 5.74) is 9.64. The van der Waals surface area contributed by atoms with Gasteiger partial charge in [-0.1, -0.05) is 43.7 Å². The molecule has 2 rings (SSSR count). The molecule has 0 bridgehead atoms. The van der Waals surface area contributed by atoms with E-state index in [4.69, 9.17) is 17.3 Å². The molecule has 0 aliphatic heterocycles. The second-order valence-corrected chi connectivity index (χ2v) is 5.09. The third kappa shape index (κ3) is 1.70. The predicted molar refractivity (Wildman–Crippen MR) is 66.0 cm³/mol. The molecule has 1 aromatic rings. The first-order chi connectivity index (χ1) is 7.06. The quantitative estimate of drug-likeness (QED) is 0.815. The average molecular weight is 222 g/mol. The minimum Gasteiger partial charge on any atom is -0.330 e. The van der Waals surface area contributed by atoms with Gasteiger partial charge in [-0.05, 0) is 23.6 Å². The predicted octanol–water partition coefficient (Wildman–Crippen LogP) is 3.26. The highest BCUT2D eigenvalue weighted by Crippen LogP contribution is 2.42. The zero-order valence-corrected chi connectivity index (χ0v) is 9.93. The lowest BCUT2D eigenvalue weighted by Crippen LogP contribution is -2.24. The summed E-state index contributed by atoms with van der Waals surface area (Å²) >= 11 is 6.25. The number of rotatable bonds is 2. The number of halogens is 1. The van der Waals surface area contributed by atoms with Gasteiger partial charge in [0.25, 0.3) is 0 Å². The molecule has 2 heteroatoms. The molecule has 0 radical (unpaired) electrons. The highest BCUT2D eigenvalue weighted by atomic mass is 35.5. The third-order valence-electron chi connectivity index (χ3n) is 3.13. The van der Waals surface area contributed by atoms with E-state index >= 15 is 0 Å². The number of nitrogens with two attached hydrogens (primary N) is 1. The zero-order chi connectivity index (χ0) is 11.1. The fraction of sp³-hybridized carbons (Fsp3) is 0.385. The summed E-state index contributed by atoms with van der Waals surface area (Å²) in [6.45, 7) is 4.97. The van der Waals surface area contributed by atoms with Crippen molar-refractivity contribution < 1.29 is 0 Å². The van der Waals surface area contributed by atoms with Crippen LogP contribution in [0.25, 0.3) is 5.57 Å². The van der Waals surface area contributed by atoms with Gasteiger partial charge in [0.15, 0.2) is 0 Å². The Hall–Kier alpha value is -0.790. The summed E-state index contributed by atoms with van der Waals surface area (Å²) in [6, 6.07) is 6.09. The summed E-state index contributed by atoms with van der Waals surface area (Å²) in [5, 5.41) is 0.845. The highest BCUT2D eigenvalue weighted by molar-refractivity contribution is 6.32. The molecule has 0 amide bonds. The van der Waals surface area contributed by atoms with Crippen LogP contribution in [0, 0.1) is 5.41 Å². The van der Waals surface area contributed by atoms with Gasteiger partial charge < -0.3 is 5.73 Å². The van der Waals surface area contributed by atoms with Crippen molar-refractivity contribution in [2.75, 3.05) is 6.54 Å². The van der Waals surface area contributed by atoms with Gasteiger partial charge in [-0.3, -0.25) is 0 Å². The van der Waals surface area contributed by atoms with Gasteiger partial charge >= 0.3 is 0 Å². The van der Waals surface area contributed by atoms with E-state index in [1.54, 1.807) is 0 Å². The summed E-state index contributed by atoms with van der Waals surface area (Å²) in [7, 11) is 0. The van der Waals surface area contributed by atoms with Crippen LogP contribution >= 0.6 is 11.6 Å². The van der Waals surface area contributed by atoms with Crippen LogP contribution in [0.1, 0.15) is 25.0 Å².